The Balaban J connectivity index is 1.76. The third kappa shape index (κ3) is 4.89. The molecule has 0 spiro atoms. The van der Waals surface area contributed by atoms with Crippen LogP contribution in [-0.2, 0) is 6.54 Å². The first kappa shape index (κ1) is 16.0. The minimum absolute atomic E-state index is 0.270. The van der Waals surface area contributed by atoms with Gasteiger partial charge in [-0.3, -0.25) is 0 Å². The fraction of sp³-hybridized carbons (Fsp3) is 0.375. The maximum atomic E-state index is 11.6. The van der Waals surface area contributed by atoms with Gasteiger partial charge in [-0.05, 0) is 24.1 Å². The van der Waals surface area contributed by atoms with Gasteiger partial charge in [0.25, 0.3) is 0 Å². The highest BCUT2D eigenvalue weighted by molar-refractivity contribution is 5.73. The average Bonchev–Trinajstić information content (AvgIpc) is 3.06. The number of carbonyl (C=O) groups is 1. The Labute approximate surface area is 130 Å². The molecule has 118 valence electrons. The van der Waals surface area contributed by atoms with Gasteiger partial charge in [-0.1, -0.05) is 25.5 Å². The largest absolute Gasteiger partial charge is 0.391 e. The van der Waals surface area contributed by atoms with Crippen LogP contribution in [0.25, 0.3) is 5.69 Å². The Morgan fingerprint density at radius 1 is 1.32 bits per heavy atom. The second-order valence-corrected chi connectivity index (χ2v) is 5.14. The van der Waals surface area contributed by atoms with Crippen molar-refractivity contribution in [1.29, 1.82) is 0 Å². The second-order valence-electron chi connectivity index (χ2n) is 5.14. The summed E-state index contributed by atoms with van der Waals surface area (Å²) < 4.78 is 1.92. The maximum Gasteiger partial charge on any atom is 0.315 e. The Bertz CT molecular complexity index is 566. The Kier molecular flexibility index (Phi) is 5.97. The van der Waals surface area contributed by atoms with Gasteiger partial charge in [0.15, 0.2) is 0 Å². The number of aliphatic hydroxyl groups is 1. The average molecular weight is 302 g/mol. The zero-order valence-corrected chi connectivity index (χ0v) is 12.7. The third-order valence-electron chi connectivity index (χ3n) is 3.31. The quantitative estimate of drug-likeness (QED) is 0.730. The van der Waals surface area contributed by atoms with Crippen molar-refractivity contribution in [2.24, 2.45) is 0 Å². The van der Waals surface area contributed by atoms with Crippen LogP contribution in [0.15, 0.2) is 43.0 Å². The number of carbonyl (C=O) groups excluding carboxylic acids is 1. The number of urea groups is 1. The second kappa shape index (κ2) is 8.19. The monoisotopic (exact) mass is 302 g/mol. The third-order valence-corrected chi connectivity index (χ3v) is 3.31. The van der Waals surface area contributed by atoms with Crippen molar-refractivity contribution < 1.29 is 9.90 Å². The molecule has 0 aliphatic carbocycles. The molecular formula is C16H22N4O2. The Hall–Kier alpha value is -2.34. The van der Waals surface area contributed by atoms with E-state index >= 15 is 0 Å². The molecule has 0 aliphatic heterocycles. The molecule has 3 N–H and O–H groups in total. The van der Waals surface area contributed by atoms with E-state index in [1.807, 2.05) is 42.0 Å². The molecule has 1 aromatic carbocycles. The number of hydrogen-bond acceptors (Lipinski definition) is 3. The molecule has 2 aromatic rings. The van der Waals surface area contributed by atoms with Crippen molar-refractivity contribution in [2.45, 2.75) is 32.4 Å². The normalized spacial score (nSPS) is 11.9. The first-order valence-electron chi connectivity index (χ1n) is 7.46. The van der Waals surface area contributed by atoms with Crippen molar-refractivity contribution in [2.75, 3.05) is 6.54 Å². The van der Waals surface area contributed by atoms with Crippen LogP contribution in [0.3, 0.4) is 0 Å². The molecule has 1 unspecified atom stereocenters. The summed E-state index contributed by atoms with van der Waals surface area (Å²) in [4.78, 5) is 15.6. The number of hydrogen-bond donors (Lipinski definition) is 3. The summed E-state index contributed by atoms with van der Waals surface area (Å²) >= 11 is 0. The number of aromatic nitrogens is 2. The number of benzene rings is 1. The van der Waals surface area contributed by atoms with Crippen molar-refractivity contribution >= 4 is 6.03 Å². The minimum Gasteiger partial charge on any atom is -0.391 e. The molecule has 0 saturated carbocycles. The SMILES string of the molecule is CCCC(O)CNC(=O)NCc1ccc(-n2ccnc2)cc1. The fourth-order valence-electron chi connectivity index (χ4n) is 2.09. The molecule has 6 heteroatoms. The summed E-state index contributed by atoms with van der Waals surface area (Å²) in [5, 5.41) is 15.0. The molecule has 1 aromatic heterocycles. The predicted octanol–water partition coefficient (Wildman–Crippen LogP) is 1.83. The lowest BCUT2D eigenvalue weighted by Gasteiger charge is -2.12. The Morgan fingerprint density at radius 2 is 2.09 bits per heavy atom. The van der Waals surface area contributed by atoms with Crippen LogP contribution in [0.4, 0.5) is 4.79 Å². The lowest BCUT2D eigenvalue weighted by Crippen LogP contribution is -2.39. The summed E-state index contributed by atoms with van der Waals surface area (Å²) in [6, 6.07) is 7.60. The van der Waals surface area contributed by atoms with E-state index in [4.69, 9.17) is 0 Å². The van der Waals surface area contributed by atoms with Gasteiger partial charge in [-0.25, -0.2) is 9.78 Å². The highest BCUT2D eigenvalue weighted by Crippen LogP contribution is 2.09. The molecule has 1 atom stereocenters. The van der Waals surface area contributed by atoms with Crippen LogP contribution in [0.2, 0.25) is 0 Å². The van der Waals surface area contributed by atoms with E-state index in [1.165, 1.54) is 0 Å². The van der Waals surface area contributed by atoms with Crippen LogP contribution in [0, 0.1) is 0 Å². The summed E-state index contributed by atoms with van der Waals surface area (Å²) in [5.41, 5.74) is 2.03. The molecule has 1 heterocycles. The van der Waals surface area contributed by atoms with Gasteiger partial charge in [0.05, 0.1) is 12.4 Å². The predicted molar refractivity (Wildman–Crippen MR) is 84.7 cm³/mol. The van der Waals surface area contributed by atoms with Gasteiger partial charge in [0, 0.05) is 31.2 Å². The summed E-state index contributed by atoms with van der Waals surface area (Å²) in [7, 11) is 0. The van der Waals surface area contributed by atoms with E-state index in [1.54, 1.807) is 12.5 Å². The van der Waals surface area contributed by atoms with Crippen molar-refractivity contribution in [3.8, 4) is 5.69 Å². The number of aliphatic hydroxyl groups excluding tert-OH is 1. The summed E-state index contributed by atoms with van der Waals surface area (Å²) in [5.74, 6) is 0. The van der Waals surface area contributed by atoms with Crippen molar-refractivity contribution in [3.05, 3.63) is 48.5 Å². The van der Waals surface area contributed by atoms with Crippen LogP contribution in [0.1, 0.15) is 25.3 Å². The zero-order chi connectivity index (χ0) is 15.8. The zero-order valence-electron chi connectivity index (χ0n) is 12.7. The fourth-order valence-corrected chi connectivity index (χ4v) is 2.09. The van der Waals surface area contributed by atoms with Crippen LogP contribution in [-0.4, -0.2) is 33.3 Å². The smallest absolute Gasteiger partial charge is 0.315 e. The van der Waals surface area contributed by atoms with E-state index < -0.39 is 6.10 Å². The highest BCUT2D eigenvalue weighted by atomic mass is 16.3. The van der Waals surface area contributed by atoms with Crippen molar-refractivity contribution in [1.82, 2.24) is 20.2 Å². The summed E-state index contributed by atoms with van der Waals surface area (Å²) in [6.07, 6.45) is 6.45. The lowest BCUT2D eigenvalue weighted by atomic mass is 10.2. The molecule has 2 rings (SSSR count). The van der Waals surface area contributed by atoms with E-state index in [9.17, 15) is 9.90 Å². The minimum atomic E-state index is -0.481. The lowest BCUT2D eigenvalue weighted by molar-refractivity contribution is 0.160. The molecule has 2 amide bonds. The Morgan fingerprint density at radius 3 is 2.73 bits per heavy atom. The molecule has 6 nitrogen and oxygen atoms in total. The first-order chi connectivity index (χ1) is 10.7. The van der Waals surface area contributed by atoms with Gasteiger partial charge >= 0.3 is 6.03 Å². The molecule has 0 saturated heterocycles. The van der Waals surface area contributed by atoms with E-state index in [0.717, 1.165) is 17.7 Å². The highest BCUT2D eigenvalue weighted by Gasteiger charge is 2.05. The topological polar surface area (TPSA) is 79.2 Å². The number of nitrogens with one attached hydrogen (secondary N) is 2. The van der Waals surface area contributed by atoms with Gasteiger partial charge in [-0.2, -0.15) is 0 Å². The van der Waals surface area contributed by atoms with Crippen LogP contribution < -0.4 is 10.6 Å². The number of imidazole rings is 1. The molecule has 0 radical (unpaired) electrons. The molecular weight excluding hydrogens is 280 g/mol. The number of rotatable bonds is 7. The van der Waals surface area contributed by atoms with Gasteiger partial charge in [0.2, 0.25) is 0 Å². The van der Waals surface area contributed by atoms with Gasteiger partial charge in [-0.15, -0.1) is 0 Å². The number of nitrogens with zero attached hydrogens (tertiary/aromatic N) is 2. The maximum absolute atomic E-state index is 11.6. The first-order valence-corrected chi connectivity index (χ1v) is 7.46. The standard InChI is InChI=1S/C16H22N4O2/c1-2-3-15(21)11-19-16(22)18-10-13-4-6-14(7-5-13)20-9-8-17-12-20/h4-9,12,15,21H,2-3,10-11H2,1H3,(H2,18,19,22). The van der Waals surface area contributed by atoms with Crippen molar-refractivity contribution in [3.63, 3.8) is 0 Å². The van der Waals surface area contributed by atoms with E-state index in [-0.39, 0.29) is 12.6 Å². The molecule has 22 heavy (non-hydrogen) atoms. The van der Waals surface area contributed by atoms with E-state index in [0.29, 0.717) is 13.0 Å². The number of amides is 2. The van der Waals surface area contributed by atoms with Crippen LogP contribution >= 0.6 is 0 Å². The molecule has 0 bridgehead atoms. The molecule has 0 fully saturated rings. The van der Waals surface area contributed by atoms with E-state index in [2.05, 4.69) is 15.6 Å². The molecule has 0 aliphatic rings. The summed E-state index contributed by atoms with van der Waals surface area (Å²) in [6.45, 7) is 2.72. The van der Waals surface area contributed by atoms with Gasteiger partial charge < -0.3 is 20.3 Å². The van der Waals surface area contributed by atoms with Gasteiger partial charge in [0.1, 0.15) is 0 Å². The van der Waals surface area contributed by atoms with Crippen LogP contribution in [0.5, 0.6) is 0 Å².